The molecule has 2 aromatic carbocycles. The molecule has 104 valence electrons. The summed E-state index contributed by atoms with van der Waals surface area (Å²) in [6.45, 7) is 2.10. The third-order valence-electron chi connectivity index (χ3n) is 3.60. The van der Waals surface area contributed by atoms with Gasteiger partial charge in [-0.15, -0.1) is 0 Å². The van der Waals surface area contributed by atoms with Gasteiger partial charge in [0.2, 0.25) is 0 Å². The average molecular weight is 333 g/mol. The van der Waals surface area contributed by atoms with Crippen molar-refractivity contribution in [2.45, 2.75) is 24.3 Å². The second kappa shape index (κ2) is 5.49. The molecule has 20 heavy (non-hydrogen) atoms. The molecule has 2 nitrogen and oxygen atoms in total. The van der Waals surface area contributed by atoms with Crippen LogP contribution >= 0.6 is 15.9 Å². The lowest BCUT2D eigenvalue weighted by Gasteiger charge is -2.13. The van der Waals surface area contributed by atoms with Crippen LogP contribution in [0.1, 0.15) is 28.4 Å². The highest BCUT2D eigenvalue weighted by molar-refractivity contribution is 9.09. The van der Waals surface area contributed by atoms with E-state index in [-0.39, 0.29) is 10.9 Å². The summed E-state index contributed by atoms with van der Waals surface area (Å²) in [5, 5.41) is 0. The Balaban J connectivity index is 1.91. The molecule has 1 aliphatic heterocycles. The first kappa shape index (κ1) is 13.5. The third-order valence-corrected chi connectivity index (χ3v) is 4.66. The molecule has 2 atom stereocenters. The van der Waals surface area contributed by atoms with Crippen molar-refractivity contribution in [3.05, 3.63) is 59.2 Å². The Hall–Kier alpha value is -1.48. The maximum Gasteiger partial charge on any atom is 0.123 e. The fraction of sp³-hybridized carbons (Fsp3) is 0.294. The smallest absolute Gasteiger partial charge is 0.123 e. The molecule has 1 aliphatic rings. The van der Waals surface area contributed by atoms with Crippen LogP contribution < -0.4 is 9.47 Å². The molecule has 0 radical (unpaired) electrons. The monoisotopic (exact) mass is 332 g/mol. The zero-order chi connectivity index (χ0) is 14.1. The highest BCUT2D eigenvalue weighted by Gasteiger charge is 2.21. The molecule has 0 aromatic heterocycles. The lowest BCUT2D eigenvalue weighted by molar-refractivity contribution is 0.254. The Labute approximate surface area is 127 Å². The van der Waals surface area contributed by atoms with Gasteiger partial charge in [-0.2, -0.15) is 0 Å². The maximum absolute atomic E-state index is 5.75. The lowest BCUT2D eigenvalue weighted by Crippen LogP contribution is -2.05. The van der Waals surface area contributed by atoms with Crippen LogP contribution in [0.3, 0.4) is 0 Å². The quantitative estimate of drug-likeness (QED) is 0.770. The highest BCUT2D eigenvalue weighted by atomic mass is 79.9. The van der Waals surface area contributed by atoms with Crippen LogP contribution in [0.4, 0.5) is 0 Å². The van der Waals surface area contributed by atoms with Gasteiger partial charge >= 0.3 is 0 Å². The van der Waals surface area contributed by atoms with Crippen LogP contribution in [0, 0.1) is 0 Å². The largest absolute Gasteiger partial charge is 0.497 e. The molecule has 3 heteroatoms. The minimum Gasteiger partial charge on any atom is -0.497 e. The average Bonchev–Trinajstić information content (AvgIpc) is 2.85. The summed E-state index contributed by atoms with van der Waals surface area (Å²) in [4.78, 5) is 0.166. The minimum absolute atomic E-state index is 0.166. The first-order valence-corrected chi connectivity index (χ1v) is 7.66. The number of alkyl halides is 1. The molecule has 0 aliphatic carbocycles. The van der Waals surface area contributed by atoms with Crippen molar-refractivity contribution in [3.8, 4) is 11.5 Å². The van der Waals surface area contributed by atoms with E-state index in [2.05, 4.69) is 53.2 Å². The molecule has 0 saturated carbocycles. The van der Waals surface area contributed by atoms with E-state index in [9.17, 15) is 0 Å². The van der Waals surface area contributed by atoms with Crippen LogP contribution in [0.5, 0.6) is 11.5 Å². The number of fused-ring (bicyclic) bond motifs is 1. The SMILES string of the molecule is COc1cccc(C(Br)c2ccc3c(c2)CC(C)O3)c1. The first-order chi connectivity index (χ1) is 9.67. The van der Waals surface area contributed by atoms with E-state index in [1.165, 1.54) is 16.7 Å². The van der Waals surface area contributed by atoms with Gasteiger partial charge in [0.15, 0.2) is 0 Å². The Morgan fingerprint density at radius 1 is 1.20 bits per heavy atom. The summed E-state index contributed by atoms with van der Waals surface area (Å²) in [5.41, 5.74) is 3.73. The molecule has 2 unspecified atom stereocenters. The molecular weight excluding hydrogens is 316 g/mol. The minimum atomic E-state index is 0.166. The summed E-state index contributed by atoms with van der Waals surface area (Å²) < 4.78 is 11.0. The topological polar surface area (TPSA) is 18.5 Å². The molecule has 0 N–H and O–H groups in total. The van der Waals surface area contributed by atoms with Gasteiger partial charge in [0.05, 0.1) is 11.9 Å². The van der Waals surface area contributed by atoms with E-state index in [0.717, 1.165) is 17.9 Å². The van der Waals surface area contributed by atoms with Crippen LogP contribution in [0.25, 0.3) is 0 Å². The van der Waals surface area contributed by atoms with Crippen molar-refractivity contribution in [2.75, 3.05) is 7.11 Å². The Morgan fingerprint density at radius 3 is 2.80 bits per heavy atom. The van der Waals surface area contributed by atoms with Gasteiger partial charge in [-0.1, -0.05) is 40.2 Å². The maximum atomic E-state index is 5.75. The first-order valence-electron chi connectivity index (χ1n) is 6.75. The molecule has 3 rings (SSSR count). The molecule has 1 heterocycles. The van der Waals surface area contributed by atoms with E-state index in [1.807, 2.05) is 12.1 Å². The Kier molecular flexibility index (Phi) is 3.70. The molecule has 0 bridgehead atoms. The van der Waals surface area contributed by atoms with Gasteiger partial charge in [-0.05, 0) is 41.8 Å². The third kappa shape index (κ3) is 2.55. The fourth-order valence-corrected chi connectivity index (χ4v) is 3.16. The number of halogens is 1. The van der Waals surface area contributed by atoms with E-state index in [0.29, 0.717) is 0 Å². The van der Waals surface area contributed by atoms with Gasteiger partial charge in [0.1, 0.15) is 17.6 Å². The van der Waals surface area contributed by atoms with Gasteiger partial charge in [0.25, 0.3) is 0 Å². The van der Waals surface area contributed by atoms with Gasteiger partial charge < -0.3 is 9.47 Å². The molecule has 0 saturated heterocycles. The molecule has 0 spiro atoms. The van der Waals surface area contributed by atoms with Crippen molar-refractivity contribution in [1.29, 1.82) is 0 Å². The second-order valence-electron chi connectivity index (χ2n) is 5.14. The van der Waals surface area contributed by atoms with E-state index in [1.54, 1.807) is 7.11 Å². The lowest BCUT2D eigenvalue weighted by atomic mass is 10.0. The van der Waals surface area contributed by atoms with E-state index < -0.39 is 0 Å². The molecule has 0 fully saturated rings. The number of hydrogen-bond donors (Lipinski definition) is 0. The Bertz CT molecular complexity index is 624. The molecular formula is C17H17BrO2. The van der Waals surface area contributed by atoms with Crippen LogP contribution in [0.2, 0.25) is 0 Å². The molecule has 2 aromatic rings. The van der Waals surface area contributed by atoms with Crippen molar-refractivity contribution in [3.63, 3.8) is 0 Å². The Morgan fingerprint density at radius 2 is 2.00 bits per heavy atom. The summed E-state index contributed by atoms with van der Waals surface area (Å²) in [6.07, 6.45) is 1.27. The van der Waals surface area contributed by atoms with Gasteiger partial charge in [-0.25, -0.2) is 0 Å². The number of rotatable bonds is 3. The van der Waals surface area contributed by atoms with Gasteiger partial charge in [0, 0.05) is 6.42 Å². The fourth-order valence-electron chi connectivity index (χ4n) is 2.59. The van der Waals surface area contributed by atoms with Crippen LogP contribution in [-0.2, 0) is 6.42 Å². The van der Waals surface area contributed by atoms with Crippen LogP contribution in [-0.4, -0.2) is 13.2 Å². The summed E-state index contributed by atoms with van der Waals surface area (Å²) in [7, 11) is 1.69. The number of hydrogen-bond acceptors (Lipinski definition) is 2. The summed E-state index contributed by atoms with van der Waals surface area (Å²) in [5.74, 6) is 1.90. The number of benzene rings is 2. The highest BCUT2D eigenvalue weighted by Crippen LogP contribution is 2.37. The molecule has 0 amide bonds. The van der Waals surface area contributed by atoms with Gasteiger partial charge in [-0.3, -0.25) is 0 Å². The zero-order valence-electron chi connectivity index (χ0n) is 11.6. The summed E-state index contributed by atoms with van der Waals surface area (Å²) >= 11 is 3.78. The normalized spacial score (nSPS) is 18.2. The zero-order valence-corrected chi connectivity index (χ0v) is 13.2. The van der Waals surface area contributed by atoms with E-state index >= 15 is 0 Å². The van der Waals surface area contributed by atoms with Crippen LogP contribution in [0.15, 0.2) is 42.5 Å². The van der Waals surface area contributed by atoms with E-state index in [4.69, 9.17) is 9.47 Å². The summed E-state index contributed by atoms with van der Waals surface area (Å²) in [6, 6.07) is 14.6. The van der Waals surface area contributed by atoms with Crippen molar-refractivity contribution < 1.29 is 9.47 Å². The standard InChI is InChI=1S/C17H17BrO2/c1-11-8-14-9-13(6-7-16(14)20-11)17(18)12-4-3-5-15(10-12)19-2/h3-7,9-11,17H,8H2,1-2H3. The van der Waals surface area contributed by atoms with Crippen molar-refractivity contribution in [2.24, 2.45) is 0 Å². The number of methoxy groups -OCH3 is 1. The van der Waals surface area contributed by atoms with Crippen molar-refractivity contribution in [1.82, 2.24) is 0 Å². The predicted octanol–water partition coefficient (Wildman–Crippen LogP) is 4.50. The number of ether oxygens (including phenoxy) is 2. The predicted molar refractivity (Wildman–Crippen MR) is 84.0 cm³/mol. The van der Waals surface area contributed by atoms with Crippen molar-refractivity contribution >= 4 is 15.9 Å². The second-order valence-corrected chi connectivity index (χ2v) is 6.05.